The highest BCUT2D eigenvalue weighted by atomic mass is 79.9. The van der Waals surface area contributed by atoms with Gasteiger partial charge in [0.05, 0.1) is 27.2 Å². The number of aryl methyl sites for hydroxylation is 1. The van der Waals surface area contributed by atoms with E-state index in [0.29, 0.717) is 21.9 Å². The minimum absolute atomic E-state index is 0.215. The van der Waals surface area contributed by atoms with Crippen LogP contribution in [0.3, 0.4) is 0 Å². The molecule has 1 N–H and O–H groups in total. The van der Waals surface area contributed by atoms with Gasteiger partial charge in [-0.15, -0.1) is 11.3 Å². The SMILES string of the molecule is CCCOC(=O)c1c(NC(=O)C(C)n2cc(Br)c(C)n2)sc(C(=O)N(C)C)c1C. The molecule has 1 atom stereocenters. The zero-order valence-electron chi connectivity index (χ0n) is 17.3. The number of anilines is 1. The maximum absolute atomic E-state index is 12.8. The molecule has 8 nitrogen and oxygen atoms in total. The number of carbonyl (C=O) groups excluding carboxylic acids is 3. The lowest BCUT2D eigenvalue weighted by atomic mass is 10.1. The van der Waals surface area contributed by atoms with Crippen LogP contribution < -0.4 is 5.32 Å². The quantitative estimate of drug-likeness (QED) is 0.603. The van der Waals surface area contributed by atoms with Crippen LogP contribution in [0.4, 0.5) is 5.00 Å². The molecule has 158 valence electrons. The van der Waals surface area contributed by atoms with E-state index in [1.54, 1.807) is 34.1 Å². The third-order valence-corrected chi connectivity index (χ3v) is 6.23. The van der Waals surface area contributed by atoms with Gasteiger partial charge in [0, 0.05) is 20.3 Å². The van der Waals surface area contributed by atoms with Crippen LogP contribution in [0.1, 0.15) is 57.6 Å². The Bertz CT molecular complexity index is 916. The highest BCUT2D eigenvalue weighted by Crippen LogP contribution is 2.35. The molecule has 0 saturated heterocycles. The van der Waals surface area contributed by atoms with Crippen molar-refractivity contribution in [1.82, 2.24) is 14.7 Å². The van der Waals surface area contributed by atoms with Crippen molar-refractivity contribution in [1.29, 1.82) is 0 Å². The van der Waals surface area contributed by atoms with Crippen LogP contribution in [0, 0.1) is 13.8 Å². The van der Waals surface area contributed by atoms with Crippen molar-refractivity contribution in [2.45, 2.75) is 40.2 Å². The molecule has 2 amide bonds. The summed E-state index contributed by atoms with van der Waals surface area (Å²) in [5.74, 6) is -1.15. The maximum atomic E-state index is 12.8. The molecule has 0 fully saturated rings. The summed E-state index contributed by atoms with van der Waals surface area (Å²) in [6.07, 6.45) is 2.39. The van der Waals surface area contributed by atoms with Gasteiger partial charge in [0.25, 0.3) is 5.91 Å². The molecule has 2 aromatic heterocycles. The van der Waals surface area contributed by atoms with Gasteiger partial charge in [-0.25, -0.2) is 4.79 Å². The number of halogens is 1. The van der Waals surface area contributed by atoms with E-state index in [0.717, 1.165) is 21.5 Å². The van der Waals surface area contributed by atoms with Crippen molar-refractivity contribution in [2.24, 2.45) is 0 Å². The summed E-state index contributed by atoms with van der Waals surface area (Å²) in [7, 11) is 3.27. The Balaban J connectivity index is 2.38. The minimum atomic E-state index is -0.616. The Hall–Kier alpha value is -2.20. The fourth-order valence-electron chi connectivity index (χ4n) is 2.52. The van der Waals surface area contributed by atoms with Crippen LogP contribution in [-0.2, 0) is 9.53 Å². The van der Waals surface area contributed by atoms with Crippen molar-refractivity contribution in [3.05, 3.63) is 32.4 Å². The summed E-state index contributed by atoms with van der Waals surface area (Å²) < 4.78 is 7.60. The number of esters is 1. The van der Waals surface area contributed by atoms with E-state index in [2.05, 4.69) is 26.3 Å². The van der Waals surface area contributed by atoms with Crippen LogP contribution in [0.25, 0.3) is 0 Å². The molecule has 10 heteroatoms. The number of carbonyl (C=O) groups is 3. The van der Waals surface area contributed by atoms with Gasteiger partial charge in [0.2, 0.25) is 5.91 Å². The lowest BCUT2D eigenvalue weighted by molar-refractivity contribution is -0.119. The molecular weight excluding hydrogens is 460 g/mol. The van der Waals surface area contributed by atoms with Gasteiger partial charge in [0.15, 0.2) is 0 Å². The summed E-state index contributed by atoms with van der Waals surface area (Å²) >= 11 is 4.45. The van der Waals surface area contributed by atoms with Gasteiger partial charge in [0.1, 0.15) is 11.0 Å². The van der Waals surface area contributed by atoms with E-state index in [9.17, 15) is 14.4 Å². The number of nitrogens with zero attached hydrogens (tertiary/aromatic N) is 3. The molecule has 29 heavy (non-hydrogen) atoms. The average molecular weight is 485 g/mol. The predicted molar refractivity (Wildman–Crippen MR) is 116 cm³/mol. The van der Waals surface area contributed by atoms with Crippen molar-refractivity contribution >= 4 is 50.1 Å². The van der Waals surface area contributed by atoms with Crippen molar-refractivity contribution < 1.29 is 19.1 Å². The number of hydrogen-bond acceptors (Lipinski definition) is 6. The summed E-state index contributed by atoms with van der Waals surface area (Å²) in [5.41, 5.74) is 1.47. The first-order valence-corrected chi connectivity index (χ1v) is 10.7. The van der Waals surface area contributed by atoms with Crippen LogP contribution in [0.2, 0.25) is 0 Å². The Labute approximate surface area is 182 Å². The van der Waals surface area contributed by atoms with Crippen molar-refractivity contribution in [3.63, 3.8) is 0 Å². The number of amides is 2. The van der Waals surface area contributed by atoms with E-state index >= 15 is 0 Å². The molecule has 2 heterocycles. The second-order valence-electron chi connectivity index (χ2n) is 6.80. The fraction of sp³-hybridized carbons (Fsp3) is 0.474. The second-order valence-corrected chi connectivity index (χ2v) is 8.68. The third kappa shape index (κ3) is 5.05. The number of hydrogen-bond donors (Lipinski definition) is 1. The van der Waals surface area contributed by atoms with E-state index < -0.39 is 12.0 Å². The van der Waals surface area contributed by atoms with Crippen molar-refractivity contribution in [3.8, 4) is 0 Å². The lowest BCUT2D eigenvalue weighted by Gasteiger charge is -2.13. The normalized spacial score (nSPS) is 11.8. The highest BCUT2D eigenvalue weighted by Gasteiger charge is 2.28. The molecule has 0 aliphatic heterocycles. The lowest BCUT2D eigenvalue weighted by Crippen LogP contribution is -2.24. The Morgan fingerprint density at radius 3 is 2.52 bits per heavy atom. The molecule has 1 unspecified atom stereocenters. The largest absolute Gasteiger partial charge is 0.462 e. The number of nitrogens with one attached hydrogen (secondary N) is 1. The molecule has 0 aliphatic rings. The first-order valence-electron chi connectivity index (χ1n) is 9.12. The Morgan fingerprint density at radius 1 is 1.34 bits per heavy atom. The maximum Gasteiger partial charge on any atom is 0.341 e. The van der Waals surface area contributed by atoms with Crippen LogP contribution in [0.5, 0.6) is 0 Å². The van der Waals surface area contributed by atoms with Crippen molar-refractivity contribution in [2.75, 3.05) is 26.0 Å². The monoisotopic (exact) mass is 484 g/mol. The topological polar surface area (TPSA) is 93.5 Å². The van der Waals surface area contributed by atoms with E-state index in [1.165, 1.54) is 9.58 Å². The van der Waals surface area contributed by atoms with Crippen LogP contribution in [-0.4, -0.2) is 53.2 Å². The number of ether oxygens (including phenoxy) is 1. The van der Waals surface area contributed by atoms with Gasteiger partial charge in [-0.2, -0.15) is 5.10 Å². The van der Waals surface area contributed by atoms with Crippen LogP contribution in [0.15, 0.2) is 10.7 Å². The first-order chi connectivity index (χ1) is 13.6. The molecule has 0 bridgehead atoms. The standard InChI is InChI=1S/C19H25BrN4O4S/c1-7-8-28-19(27)14-10(2)15(18(26)23(5)6)29-17(14)21-16(25)12(4)24-9-13(20)11(3)22-24/h9,12H,7-8H2,1-6H3,(H,21,25). The summed E-state index contributed by atoms with van der Waals surface area (Å²) in [5, 5.41) is 7.39. The average Bonchev–Trinajstić information content (AvgIpc) is 3.17. The van der Waals surface area contributed by atoms with Gasteiger partial charge < -0.3 is 15.0 Å². The number of rotatable bonds is 7. The van der Waals surface area contributed by atoms with Gasteiger partial charge in [-0.05, 0) is 48.7 Å². The summed E-state index contributed by atoms with van der Waals surface area (Å²) in [6.45, 7) is 7.37. The Kier molecular flexibility index (Phi) is 7.59. The van der Waals surface area contributed by atoms with Crippen LogP contribution >= 0.6 is 27.3 Å². The van der Waals surface area contributed by atoms with E-state index in [1.807, 2.05) is 13.8 Å². The molecule has 0 radical (unpaired) electrons. The fourth-order valence-corrected chi connectivity index (χ4v) is 4.02. The molecule has 0 spiro atoms. The smallest absolute Gasteiger partial charge is 0.341 e. The first kappa shape index (κ1) is 23.1. The van der Waals surface area contributed by atoms with Gasteiger partial charge in [-0.3, -0.25) is 14.3 Å². The highest BCUT2D eigenvalue weighted by molar-refractivity contribution is 9.10. The predicted octanol–water partition coefficient (Wildman–Crippen LogP) is 3.79. The molecule has 0 saturated carbocycles. The molecule has 2 rings (SSSR count). The third-order valence-electron chi connectivity index (χ3n) is 4.26. The molecule has 0 aliphatic carbocycles. The molecule has 2 aromatic rings. The van der Waals surface area contributed by atoms with E-state index in [-0.39, 0.29) is 24.0 Å². The van der Waals surface area contributed by atoms with Gasteiger partial charge >= 0.3 is 5.97 Å². The Morgan fingerprint density at radius 2 is 2.00 bits per heavy atom. The molecule has 0 aromatic carbocycles. The zero-order valence-corrected chi connectivity index (χ0v) is 19.7. The molecular formula is C19H25BrN4O4S. The number of aromatic nitrogens is 2. The number of thiophene rings is 1. The summed E-state index contributed by atoms with van der Waals surface area (Å²) in [6, 6.07) is -0.616. The van der Waals surface area contributed by atoms with Gasteiger partial charge in [-0.1, -0.05) is 6.92 Å². The minimum Gasteiger partial charge on any atom is -0.462 e. The van der Waals surface area contributed by atoms with E-state index in [4.69, 9.17) is 4.74 Å². The summed E-state index contributed by atoms with van der Waals surface area (Å²) in [4.78, 5) is 39.7. The zero-order chi connectivity index (χ0) is 21.9. The second kappa shape index (κ2) is 9.53.